The molecule has 1 rings (SSSR count). The summed E-state index contributed by atoms with van der Waals surface area (Å²) in [5.74, 6) is 0. The molecule has 66 valence electrons. The van der Waals surface area contributed by atoms with Crippen molar-refractivity contribution < 1.29 is 0 Å². The SMILES string of the molecule is Cc1cnccc1C(C)(C)CBr. The Bertz CT molecular complexity index is 268. The quantitative estimate of drug-likeness (QED) is 0.709. The number of rotatable bonds is 2. The molecule has 0 bridgehead atoms. The van der Waals surface area contributed by atoms with Gasteiger partial charge in [0.1, 0.15) is 0 Å². The number of alkyl halides is 1. The maximum Gasteiger partial charge on any atom is 0.0299 e. The van der Waals surface area contributed by atoms with Crippen LogP contribution in [0.2, 0.25) is 0 Å². The van der Waals surface area contributed by atoms with Crippen LogP contribution in [0.25, 0.3) is 0 Å². The largest absolute Gasteiger partial charge is 0.264 e. The van der Waals surface area contributed by atoms with E-state index in [-0.39, 0.29) is 5.41 Å². The summed E-state index contributed by atoms with van der Waals surface area (Å²) >= 11 is 3.52. The van der Waals surface area contributed by atoms with Gasteiger partial charge < -0.3 is 0 Å². The predicted octanol–water partition coefficient (Wildman–Crippen LogP) is 3.06. The third-order valence-electron chi connectivity index (χ3n) is 2.08. The minimum atomic E-state index is 0.201. The summed E-state index contributed by atoms with van der Waals surface area (Å²) in [5.41, 5.74) is 2.84. The first kappa shape index (κ1) is 9.72. The molecule has 0 aliphatic carbocycles. The third-order valence-corrected chi connectivity index (χ3v) is 3.49. The molecule has 0 fully saturated rings. The van der Waals surface area contributed by atoms with E-state index in [2.05, 4.69) is 47.8 Å². The van der Waals surface area contributed by atoms with Gasteiger partial charge in [0, 0.05) is 17.7 Å². The molecular formula is C10H14BrN. The summed E-state index contributed by atoms with van der Waals surface area (Å²) in [5, 5.41) is 0.977. The fourth-order valence-electron chi connectivity index (χ4n) is 1.30. The van der Waals surface area contributed by atoms with Gasteiger partial charge in [-0.15, -0.1) is 0 Å². The molecule has 0 atom stereocenters. The Morgan fingerprint density at radius 1 is 1.50 bits per heavy atom. The van der Waals surface area contributed by atoms with Crippen LogP contribution in [-0.2, 0) is 5.41 Å². The fourth-order valence-corrected chi connectivity index (χ4v) is 1.61. The minimum absolute atomic E-state index is 0.201. The Balaban J connectivity index is 3.10. The van der Waals surface area contributed by atoms with Gasteiger partial charge >= 0.3 is 0 Å². The van der Waals surface area contributed by atoms with Crippen LogP contribution in [-0.4, -0.2) is 10.3 Å². The van der Waals surface area contributed by atoms with Crippen molar-refractivity contribution in [1.82, 2.24) is 4.98 Å². The highest BCUT2D eigenvalue weighted by atomic mass is 79.9. The lowest BCUT2D eigenvalue weighted by atomic mass is 9.85. The maximum absolute atomic E-state index is 4.08. The molecular weight excluding hydrogens is 214 g/mol. The molecule has 2 heteroatoms. The second-order valence-electron chi connectivity index (χ2n) is 3.71. The van der Waals surface area contributed by atoms with E-state index in [9.17, 15) is 0 Å². The Labute approximate surface area is 82.3 Å². The molecule has 0 amide bonds. The van der Waals surface area contributed by atoms with E-state index >= 15 is 0 Å². The molecule has 0 N–H and O–H groups in total. The highest BCUT2D eigenvalue weighted by Gasteiger charge is 2.20. The van der Waals surface area contributed by atoms with Crippen molar-refractivity contribution in [3.63, 3.8) is 0 Å². The highest BCUT2D eigenvalue weighted by Crippen LogP contribution is 2.27. The minimum Gasteiger partial charge on any atom is -0.264 e. The van der Waals surface area contributed by atoms with E-state index < -0.39 is 0 Å². The Morgan fingerprint density at radius 2 is 2.17 bits per heavy atom. The molecule has 0 aliphatic heterocycles. The number of aromatic nitrogens is 1. The molecule has 0 aliphatic rings. The van der Waals surface area contributed by atoms with E-state index in [0.717, 1.165) is 5.33 Å². The normalized spacial score (nSPS) is 11.7. The summed E-state index contributed by atoms with van der Waals surface area (Å²) in [6, 6.07) is 2.09. The Kier molecular flexibility index (Phi) is 2.89. The Hall–Kier alpha value is -0.370. The second kappa shape index (κ2) is 3.56. The zero-order valence-electron chi connectivity index (χ0n) is 7.76. The van der Waals surface area contributed by atoms with E-state index in [1.807, 2.05) is 12.4 Å². The van der Waals surface area contributed by atoms with Crippen LogP contribution in [0.3, 0.4) is 0 Å². The van der Waals surface area contributed by atoms with Crippen molar-refractivity contribution in [3.05, 3.63) is 29.6 Å². The standard InChI is InChI=1S/C10H14BrN/c1-8-6-12-5-4-9(8)10(2,3)7-11/h4-6H,7H2,1-3H3. The van der Waals surface area contributed by atoms with Crippen LogP contribution >= 0.6 is 15.9 Å². The molecule has 0 saturated heterocycles. The lowest BCUT2D eigenvalue weighted by molar-refractivity contribution is 0.601. The molecule has 0 unspecified atom stereocenters. The van der Waals surface area contributed by atoms with Crippen molar-refractivity contribution in [3.8, 4) is 0 Å². The zero-order chi connectivity index (χ0) is 9.19. The average molecular weight is 228 g/mol. The first-order valence-corrected chi connectivity index (χ1v) is 5.17. The summed E-state index contributed by atoms with van der Waals surface area (Å²) in [6.07, 6.45) is 3.77. The van der Waals surface area contributed by atoms with Gasteiger partial charge in [-0.25, -0.2) is 0 Å². The number of hydrogen-bond acceptors (Lipinski definition) is 1. The van der Waals surface area contributed by atoms with Gasteiger partial charge in [0.05, 0.1) is 0 Å². The summed E-state index contributed by atoms with van der Waals surface area (Å²) in [4.78, 5) is 4.08. The molecule has 1 nitrogen and oxygen atoms in total. The van der Waals surface area contributed by atoms with Crippen LogP contribution in [0, 0.1) is 6.92 Å². The first-order chi connectivity index (χ1) is 5.58. The first-order valence-electron chi connectivity index (χ1n) is 4.05. The topological polar surface area (TPSA) is 12.9 Å². The van der Waals surface area contributed by atoms with Crippen LogP contribution in [0.1, 0.15) is 25.0 Å². The van der Waals surface area contributed by atoms with Crippen molar-refractivity contribution in [2.24, 2.45) is 0 Å². The average Bonchev–Trinajstić information content (AvgIpc) is 2.05. The van der Waals surface area contributed by atoms with Crippen LogP contribution < -0.4 is 0 Å². The van der Waals surface area contributed by atoms with E-state index in [1.54, 1.807) is 0 Å². The number of halogens is 1. The van der Waals surface area contributed by atoms with Crippen molar-refractivity contribution in [2.45, 2.75) is 26.2 Å². The fraction of sp³-hybridized carbons (Fsp3) is 0.500. The Morgan fingerprint density at radius 3 is 2.67 bits per heavy atom. The van der Waals surface area contributed by atoms with Gasteiger partial charge in [0.15, 0.2) is 0 Å². The molecule has 0 radical (unpaired) electrons. The number of aryl methyl sites for hydroxylation is 1. The summed E-state index contributed by atoms with van der Waals surface area (Å²) in [7, 11) is 0. The molecule has 0 saturated carbocycles. The summed E-state index contributed by atoms with van der Waals surface area (Å²) in [6.45, 7) is 6.56. The molecule has 1 aromatic rings. The van der Waals surface area contributed by atoms with Gasteiger partial charge in [-0.05, 0) is 29.5 Å². The van der Waals surface area contributed by atoms with Crippen LogP contribution in [0.4, 0.5) is 0 Å². The van der Waals surface area contributed by atoms with Crippen LogP contribution in [0.5, 0.6) is 0 Å². The monoisotopic (exact) mass is 227 g/mol. The zero-order valence-corrected chi connectivity index (χ0v) is 9.35. The van der Waals surface area contributed by atoms with Gasteiger partial charge in [-0.2, -0.15) is 0 Å². The highest BCUT2D eigenvalue weighted by molar-refractivity contribution is 9.09. The number of pyridine rings is 1. The van der Waals surface area contributed by atoms with E-state index in [0.29, 0.717) is 0 Å². The number of nitrogens with zero attached hydrogens (tertiary/aromatic N) is 1. The molecule has 1 heterocycles. The van der Waals surface area contributed by atoms with E-state index in [4.69, 9.17) is 0 Å². The van der Waals surface area contributed by atoms with Crippen LogP contribution in [0.15, 0.2) is 18.5 Å². The molecule has 1 aromatic heterocycles. The third kappa shape index (κ3) is 1.86. The number of hydrogen-bond donors (Lipinski definition) is 0. The molecule has 12 heavy (non-hydrogen) atoms. The van der Waals surface area contributed by atoms with Gasteiger partial charge in [-0.1, -0.05) is 29.8 Å². The predicted molar refractivity (Wildman–Crippen MR) is 55.8 cm³/mol. The smallest absolute Gasteiger partial charge is 0.0299 e. The lowest BCUT2D eigenvalue weighted by Gasteiger charge is -2.23. The van der Waals surface area contributed by atoms with Gasteiger partial charge in [0.2, 0.25) is 0 Å². The molecule has 0 aromatic carbocycles. The van der Waals surface area contributed by atoms with Crippen molar-refractivity contribution in [2.75, 3.05) is 5.33 Å². The molecule has 0 spiro atoms. The maximum atomic E-state index is 4.08. The van der Waals surface area contributed by atoms with Gasteiger partial charge in [0.25, 0.3) is 0 Å². The van der Waals surface area contributed by atoms with Crippen molar-refractivity contribution >= 4 is 15.9 Å². The second-order valence-corrected chi connectivity index (χ2v) is 4.27. The van der Waals surface area contributed by atoms with Gasteiger partial charge in [-0.3, -0.25) is 4.98 Å². The van der Waals surface area contributed by atoms with E-state index in [1.165, 1.54) is 11.1 Å². The van der Waals surface area contributed by atoms with Crippen molar-refractivity contribution in [1.29, 1.82) is 0 Å². The summed E-state index contributed by atoms with van der Waals surface area (Å²) < 4.78 is 0. The lowest BCUT2D eigenvalue weighted by Crippen LogP contribution is -2.20.